The average molecular weight is 297 g/mol. The number of hydrogen-bond acceptors (Lipinski definition) is 3. The molecule has 3 aromatic rings. The fourth-order valence-corrected chi connectivity index (χ4v) is 2.40. The Labute approximate surface area is 126 Å². The Morgan fingerprint density at radius 1 is 1.32 bits per heavy atom. The lowest BCUT2D eigenvalue weighted by molar-refractivity contribution is 0.0697. The lowest BCUT2D eigenvalue weighted by Gasteiger charge is -2.05. The van der Waals surface area contributed by atoms with E-state index in [-0.39, 0.29) is 11.1 Å². The van der Waals surface area contributed by atoms with Gasteiger partial charge in [-0.3, -0.25) is 9.36 Å². The number of aromatic carboxylic acids is 1. The second kappa shape index (κ2) is 5.48. The van der Waals surface area contributed by atoms with Crippen LogP contribution in [0.15, 0.2) is 41.5 Å². The standard InChI is InChI=1S/C16H15N3O3/c1-10-8-13-14(18-10)17-9-19(15(13)20)7-6-11-2-4-12(5-3-11)16(21)22/h2-5,8-9,18H,6-7H2,1H3,(H,21,22). The fraction of sp³-hybridized carbons (Fsp3) is 0.188. The lowest BCUT2D eigenvalue weighted by atomic mass is 10.1. The van der Waals surface area contributed by atoms with Gasteiger partial charge in [0.25, 0.3) is 5.56 Å². The first-order chi connectivity index (χ1) is 10.5. The van der Waals surface area contributed by atoms with Crippen LogP contribution in [0.3, 0.4) is 0 Å². The van der Waals surface area contributed by atoms with Crippen molar-refractivity contribution in [2.75, 3.05) is 0 Å². The molecule has 2 aromatic heterocycles. The summed E-state index contributed by atoms with van der Waals surface area (Å²) in [5, 5.41) is 9.45. The number of fused-ring (bicyclic) bond motifs is 1. The SMILES string of the molecule is Cc1cc2c(=O)n(CCc3ccc(C(=O)O)cc3)cnc2[nH]1. The molecule has 0 aliphatic carbocycles. The van der Waals surface area contributed by atoms with E-state index in [0.29, 0.717) is 24.0 Å². The van der Waals surface area contributed by atoms with Crippen molar-refractivity contribution in [1.82, 2.24) is 14.5 Å². The third kappa shape index (κ3) is 2.63. The van der Waals surface area contributed by atoms with Gasteiger partial charge in [-0.15, -0.1) is 0 Å². The number of nitrogens with zero attached hydrogens (tertiary/aromatic N) is 2. The molecular formula is C16H15N3O3. The summed E-state index contributed by atoms with van der Waals surface area (Å²) in [5.74, 6) is -0.944. The zero-order chi connectivity index (χ0) is 15.7. The summed E-state index contributed by atoms with van der Waals surface area (Å²) in [5.41, 5.74) is 2.66. The summed E-state index contributed by atoms with van der Waals surface area (Å²) in [7, 11) is 0. The smallest absolute Gasteiger partial charge is 0.335 e. The number of hydrogen-bond donors (Lipinski definition) is 2. The van der Waals surface area contributed by atoms with Crippen LogP contribution >= 0.6 is 0 Å². The average Bonchev–Trinajstić information content (AvgIpc) is 2.88. The van der Waals surface area contributed by atoms with Gasteiger partial charge in [0.15, 0.2) is 0 Å². The summed E-state index contributed by atoms with van der Waals surface area (Å²) in [6.45, 7) is 2.38. The first kappa shape index (κ1) is 14.1. The van der Waals surface area contributed by atoms with Crippen LogP contribution in [0, 0.1) is 6.92 Å². The van der Waals surface area contributed by atoms with E-state index in [9.17, 15) is 9.59 Å². The van der Waals surface area contributed by atoms with Crippen LogP contribution in [0.2, 0.25) is 0 Å². The fourth-order valence-electron chi connectivity index (χ4n) is 2.40. The molecule has 0 atom stereocenters. The van der Waals surface area contributed by atoms with Crippen LogP contribution in [0.25, 0.3) is 11.0 Å². The molecule has 6 heteroatoms. The van der Waals surface area contributed by atoms with E-state index >= 15 is 0 Å². The summed E-state index contributed by atoms with van der Waals surface area (Å²) >= 11 is 0. The molecule has 0 aliphatic rings. The topological polar surface area (TPSA) is 88.0 Å². The van der Waals surface area contributed by atoms with Gasteiger partial charge in [0, 0.05) is 12.2 Å². The van der Waals surface area contributed by atoms with Gasteiger partial charge in [0.2, 0.25) is 0 Å². The van der Waals surface area contributed by atoms with E-state index in [0.717, 1.165) is 11.3 Å². The molecule has 0 saturated heterocycles. The van der Waals surface area contributed by atoms with Crippen LogP contribution in [0.4, 0.5) is 0 Å². The number of aryl methyl sites for hydroxylation is 3. The molecule has 112 valence electrons. The maximum Gasteiger partial charge on any atom is 0.335 e. The molecule has 0 radical (unpaired) electrons. The molecular weight excluding hydrogens is 282 g/mol. The third-order valence-corrected chi connectivity index (χ3v) is 3.59. The minimum Gasteiger partial charge on any atom is -0.478 e. The van der Waals surface area contributed by atoms with Gasteiger partial charge in [0.1, 0.15) is 5.65 Å². The molecule has 0 spiro atoms. The van der Waals surface area contributed by atoms with Crippen molar-refractivity contribution in [3.8, 4) is 0 Å². The Kier molecular flexibility index (Phi) is 3.50. The largest absolute Gasteiger partial charge is 0.478 e. The Bertz CT molecular complexity index is 891. The van der Waals surface area contributed by atoms with E-state index in [1.54, 1.807) is 34.9 Å². The molecule has 0 aliphatic heterocycles. The molecule has 0 fully saturated rings. The Balaban J connectivity index is 1.80. The first-order valence-corrected chi connectivity index (χ1v) is 6.91. The number of aromatic amines is 1. The third-order valence-electron chi connectivity index (χ3n) is 3.59. The zero-order valence-corrected chi connectivity index (χ0v) is 12.0. The van der Waals surface area contributed by atoms with Crippen LogP contribution in [-0.4, -0.2) is 25.6 Å². The van der Waals surface area contributed by atoms with E-state index in [1.807, 2.05) is 6.92 Å². The van der Waals surface area contributed by atoms with Gasteiger partial charge in [0.05, 0.1) is 17.3 Å². The number of rotatable bonds is 4. The van der Waals surface area contributed by atoms with Gasteiger partial charge >= 0.3 is 5.97 Å². The van der Waals surface area contributed by atoms with Crippen molar-refractivity contribution >= 4 is 17.0 Å². The number of H-pyrrole nitrogens is 1. The van der Waals surface area contributed by atoms with Crippen molar-refractivity contribution in [3.63, 3.8) is 0 Å². The summed E-state index contributed by atoms with van der Waals surface area (Å²) < 4.78 is 1.57. The van der Waals surface area contributed by atoms with Crippen molar-refractivity contribution < 1.29 is 9.90 Å². The predicted molar refractivity (Wildman–Crippen MR) is 82.2 cm³/mol. The second-order valence-corrected chi connectivity index (χ2v) is 5.21. The van der Waals surface area contributed by atoms with E-state index in [2.05, 4.69) is 9.97 Å². The molecule has 22 heavy (non-hydrogen) atoms. The van der Waals surface area contributed by atoms with Crippen LogP contribution < -0.4 is 5.56 Å². The molecule has 0 unspecified atom stereocenters. The van der Waals surface area contributed by atoms with Gasteiger partial charge in [-0.1, -0.05) is 12.1 Å². The molecule has 6 nitrogen and oxygen atoms in total. The maximum absolute atomic E-state index is 12.3. The molecule has 3 rings (SSSR count). The van der Waals surface area contributed by atoms with Gasteiger partial charge in [-0.2, -0.15) is 0 Å². The highest BCUT2D eigenvalue weighted by Gasteiger charge is 2.07. The minimum absolute atomic E-state index is 0.0727. The van der Waals surface area contributed by atoms with E-state index in [1.165, 1.54) is 6.33 Å². The predicted octanol–water partition coefficient (Wildman–Crippen LogP) is 1.97. The Morgan fingerprint density at radius 3 is 2.73 bits per heavy atom. The molecule has 1 aromatic carbocycles. The number of nitrogens with one attached hydrogen (secondary N) is 1. The van der Waals surface area contributed by atoms with Gasteiger partial charge in [-0.25, -0.2) is 9.78 Å². The van der Waals surface area contributed by atoms with Crippen LogP contribution in [-0.2, 0) is 13.0 Å². The maximum atomic E-state index is 12.3. The number of carbonyl (C=O) groups is 1. The lowest BCUT2D eigenvalue weighted by Crippen LogP contribution is -2.21. The van der Waals surface area contributed by atoms with Gasteiger partial charge in [-0.05, 0) is 37.1 Å². The second-order valence-electron chi connectivity index (χ2n) is 5.21. The van der Waals surface area contributed by atoms with Crippen molar-refractivity contribution in [2.24, 2.45) is 0 Å². The molecule has 2 heterocycles. The van der Waals surface area contributed by atoms with Crippen molar-refractivity contribution in [2.45, 2.75) is 19.9 Å². The van der Waals surface area contributed by atoms with Crippen molar-refractivity contribution in [1.29, 1.82) is 0 Å². The molecule has 0 amide bonds. The molecule has 0 saturated carbocycles. The summed E-state index contributed by atoms with van der Waals surface area (Å²) in [6.07, 6.45) is 2.17. The highest BCUT2D eigenvalue weighted by Crippen LogP contribution is 2.09. The molecule has 0 bridgehead atoms. The minimum atomic E-state index is -0.944. The van der Waals surface area contributed by atoms with E-state index in [4.69, 9.17) is 5.11 Å². The quantitative estimate of drug-likeness (QED) is 0.770. The zero-order valence-electron chi connectivity index (χ0n) is 12.0. The number of benzene rings is 1. The summed E-state index contributed by atoms with van der Waals surface area (Å²) in [4.78, 5) is 30.4. The highest BCUT2D eigenvalue weighted by atomic mass is 16.4. The van der Waals surface area contributed by atoms with E-state index < -0.39 is 5.97 Å². The van der Waals surface area contributed by atoms with Crippen molar-refractivity contribution in [3.05, 3.63) is 63.8 Å². The summed E-state index contributed by atoms with van der Waals surface area (Å²) in [6, 6.07) is 8.46. The number of aromatic nitrogens is 3. The number of carboxylic acids is 1. The highest BCUT2D eigenvalue weighted by molar-refractivity contribution is 5.87. The van der Waals surface area contributed by atoms with Crippen LogP contribution in [0.1, 0.15) is 21.6 Å². The monoisotopic (exact) mass is 297 g/mol. The van der Waals surface area contributed by atoms with Gasteiger partial charge < -0.3 is 10.1 Å². The first-order valence-electron chi connectivity index (χ1n) is 6.91. The number of carboxylic acid groups (broad SMARTS) is 1. The van der Waals surface area contributed by atoms with Crippen LogP contribution in [0.5, 0.6) is 0 Å². The molecule has 2 N–H and O–H groups in total. The Hall–Kier alpha value is -2.89. The normalized spacial score (nSPS) is 11.0. The Morgan fingerprint density at radius 2 is 2.05 bits per heavy atom.